The fourth-order valence-corrected chi connectivity index (χ4v) is 1.77. The van der Waals surface area contributed by atoms with E-state index in [2.05, 4.69) is 17.5 Å². The highest BCUT2D eigenvalue weighted by Gasteiger charge is 2.08. The fraction of sp³-hybridized carbons (Fsp3) is 0.286. The summed E-state index contributed by atoms with van der Waals surface area (Å²) >= 11 is 0. The van der Waals surface area contributed by atoms with Gasteiger partial charge < -0.3 is 4.74 Å². The number of ether oxygens (including phenoxy) is 1. The molecule has 0 heterocycles. The number of methoxy groups -OCH3 is 1. The second-order valence-electron chi connectivity index (χ2n) is 4.26. The number of amides is 1. The van der Waals surface area contributed by atoms with Gasteiger partial charge in [0.2, 0.25) is 0 Å². The van der Waals surface area contributed by atoms with Gasteiger partial charge in [0.25, 0.3) is 5.91 Å². The zero-order valence-corrected chi connectivity index (χ0v) is 10.6. The summed E-state index contributed by atoms with van der Waals surface area (Å²) in [6.45, 7) is 2.06. The van der Waals surface area contributed by atoms with Crippen LogP contribution in [-0.4, -0.2) is 18.7 Å². The van der Waals surface area contributed by atoms with Gasteiger partial charge in [-0.25, -0.2) is 5.43 Å². The van der Waals surface area contributed by atoms with Crippen LogP contribution in [0.5, 0.6) is 5.75 Å². The lowest BCUT2D eigenvalue weighted by molar-refractivity contribution is 0.0955. The van der Waals surface area contributed by atoms with Crippen LogP contribution in [-0.2, 0) is 0 Å². The van der Waals surface area contributed by atoms with Crippen LogP contribution in [0.3, 0.4) is 0 Å². The molecule has 0 aromatic heterocycles. The average Bonchev–Trinajstić information content (AvgIpc) is 2.82. The molecule has 0 aliphatic heterocycles. The van der Waals surface area contributed by atoms with Crippen molar-refractivity contribution in [2.24, 2.45) is 5.10 Å². The zero-order valence-electron chi connectivity index (χ0n) is 10.6. The number of allylic oxidation sites excluding steroid dienone is 2. The van der Waals surface area contributed by atoms with E-state index >= 15 is 0 Å². The second kappa shape index (κ2) is 5.49. The Morgan fingerprint density at radius 1 is 1.28 bits per heavy atom. The summed E-state index contributed by atoms with van der Waals surface area (Å²) in [6, 6.07) is 6.93. The van der Waals surface area contributed by atoms with Crippen LogP contribution in [0.15, 0.2) is 41.0 Å². The highest BCUT2D eigenvalue weighted by Crippen LogP contribution is 2.14. The van der Waals surface area contributed by atoms with Gasteiger partial charge in [0, 0.05) is 5.56 Å². The summed E-state index contributed by atoms with van der Waals surface area (Å²) in [7, 11) is 1.59. The normalized spacial score (nSPS) is 16.6. The van der Waals surface area contributed by atoms with Crippen molar-refractivity contribution in [1.82, 2.24) is 5.43 Å². The molecule has 1 N–H and O–H groups in total. The van der Waals surface area contributed by atoms with E-state index in [0.717, 1.165) is 24.3 Å². The molecule has 0 saturated heterocycles. The molecule has 0 spiro atoms. The van der Waals surface area contributed by atoms with Crippen molar-refractivity contribution in [3.8, 4) is 5.75 Å². The predicted molar refractivity (Wildman–Crippen MR) is 70.9 cm³/mol. The molecule has 0 radical (unpaired) electrons. The molecule has 0 saturated carbocycles. The summed E-state index contributed by atoms with van der Waals surface area (Å²) in [5.74, 6) is 0.523. The van der Waals surface area contributed by atoms with E-state index in [4.69, 9.17) is 4.74 Å². The largest absolute Gasteiger partial charge is 0.497 e. The van der Waals surface area contributed by atoms with Gasteiger partial charge in [-0.1, -0.05) is 5.57 Å². The number of benzene rings is 1. The minimum Gasteiger partial charge on any atom is -0.497 e. The molecule has 0 bridgehead atoms. The van der Waals surface area contributed by atoms with Crippen molar-refractivity contribution >= 4 is 11.6 Å². The Balaban J connectivity index is 1.99. The average molecular weight is 244 g/mol. The first-order valence-electron chi connectivity index (χ1n) is 5.87. The van der Waals surface area contributed by atoms with Gasteiger partial charge in [0.05, 0.1) is 12.8 Å². The molecule has 94 valence electrons. The third kappa shape index (κ3) is 2.97. The molecule has 0 fully saturated rings. The molecule has 0 atom stereocenters. The topological polar surface area (TPSA) is 50.7 Å². The summed E-state index contributed by atoms with van der Waals surface area (Å²) < 4.78 is 5.03. The standard InChI is InChI=1S/C14H16N2O2/c1-10-3-6-12(9-10)15-16-14(17)11-4-7-13(18-2)8-5-11/h4-5,7-9H,3,6H2,1-2H3,(H,16,17)/b15-12-. The van der Waals surface area contributed by atoms with E-state index in [0.29, 0.717) is 5.56 Å². The van der Waals surface area contributed by atoms with E-state index in [1.807, 2.05) is 6.08 Å². The molecule has 0 unspecified atom stereocenters. The van der Waals surface area contributed by atoms with Crippen molar-refractivity contribution in [2.75, 3.05) is 7.11 Å². The Kier molecular flexibility index (Phi) is 3.77. The number of hydrazone groups is 1. The third-order valence-corrected chi connectivity index (χ3v) is 2.84. The molecule has 1 aromatic carbocycles. The van der Waals surface area contributed by atoms with Crippen LogP contribution in [0, 0.1) is 0 Å². The van der Waals surface area contributed by atoms with Gasteiger partial charge in [0.1, 0.15) is 5.75 Å². The number of hydrogen-bond donors (Lipinski definition) is 1. The van der Waals surface area contributed by atoms with Gasteiger partial charge in [-0.2, -0.15) is 5.10 Å². The minimum atomic E-state index is -0.205. The lowest BCUT2D eigenvalue weighted by Gasteiger charge is -2.02. The molecular formula is C14H16N2O2. The predicted octanol–water partition coefficient (Wildman–Crippen LogP) is 2.52. The van der Waals surface area contributed by atoms with E-state index in [-0.39, 0.29) is 5.91 Å². The molecular weight excluding hydrogens is 228 g/mol. The van der Waals surface area contributed by atoms with Crippen LogP contribution in [0.1, 0.15) is 30.1 Å². The maximum Gasteiger partial charge on any atom is 0.271 e. The SMILES string of the molecule is COc1ccc(C(=O)N/N=C2\C=C(C)CC2)cc1. The lowest BCUT2D eigenvalue weighted by atomic mass is 10.2. The molecule has 18 heavy (non-hydrogen) atoms. The maximum atomic E-state index is 11.8. The number of carbonyl (C=O) groups excluding carboxylic acids is 1. The molecule has 2 rings (SSSR count). The number of hydrogen-bond acceptors (Lipinski definition) is 3. The highest BCUT2D eigenvalue weighted by atomic mass is 16.5. The first-order valence-corrected chi connectivity index (χ1v) is 5.87. The number of nitrogens with zero attached hydrogens (tertiary/aromatic N) is 1. The fourth-order valence-electron chi connectivity index (χ4n) is 1.77. The molecule has 1 aliphatic rings. The van der Waals surface area contributed by atoms with Crippen molar-refractivity contribution in [3.05, 3.63) is 41.5 Å². The van der Waals surface area contributed by atoms with Gasteiger partial charge in [-0.3, -0.25) is 4.79 Å². The van der Waals surface area contributed by atoms with Crippen LogP contribution in [0.4, 0.5) is 0 Å². The first kappa shape index (κ1) is 12.4. The summed E-state index contributed by atoms with van der Waals surface area (Å²) in [4.78, 5) is 11.8. The van der Waals surface area contributed by atoms with Crippen molar-refractivity contribution in [3.63, 3.8) is 0 Å². The Bertz CT molecular complexity index is 501. The van der Waals surface area contributed by atoms with Crippen LogP contribution >= 0.6 is 0 Å². The number of carbonyl (C=O) groups is 1. The molecule has 4 nitrogen and oxygen atoms in total. The third-order valence-electron chi connectivity index (χ3n) is 2.84. The van der Waals surface area contributed by atoms with Crippen LogP contribution in [0.25, 0.3) is 0 Å². The molecule has 1 aliphatic carbocycles. The van der Waals surface area contributed by atoms with Gasteiger partial charge in [-0.05, 0) is 50.1 Å². The van der Waals surface area contributed by atoms with E-state index in [1.54, 1.807) is 31.4 Å². The highest BCUT2D eigenvalue weighted by molar-refractivity contribution is 6.00. The van der Waals surface area contributed by atoms with E-state index in [9.17, 15) is 4.79 Å². The van der Waals surface area contributed by atoms with Crippen LogP contribution < -0.4 is 10.2 Å². The Morgan fingerprint density at radius 2 is 2.00 bits per heavy atom. The maximum absolute atomic E-state index is 11.8. The van der Waals surface area contributed by atoms with E-state index < -0.39 is 0 Å². The molecule has 4 heteroatoms. The summed E-state index contributed by atoms with van der Waals surface area (Å²) in [5.41, 5.74) is 5.35. The van der Waals surface area contributed by atoms with Crippen molar-refractivity contribution in [2.45, 2.75) is 19.8 Å². The quantitative estimate of drug-likeness (QED) is 0.831. The number of nitrogens with one attached hydrogen (secondary N) is 1. The Morgan fingerprint density at radius 3 is 2.56 bits per heavy atom. The smallest absolute Gasteiger partial charge is 0.271 e. The first-order chi connectivity index (χ1) is 8.69. The summed E-state index contributed by atoms with van der Waals surface area (Å²) in [6.07, 6.45) is 3.93. The zero-order chi connectivity index (χ0) is 13.0. The second-order valence-corrected chi connectivity index (χ2v) is 4.26. The monoisotopic (exact) mass is 244 g/mol. The molecule has 1 aromatic rings. The van der Waals surface area contributed by atoms with E-state index in [1.165, 1.54) is 5.57 Å². The molecule has 1 amide bonds. The van der Waals surface area contributed by atoms with Crippen molar-refractivity contribution in [1.29, 1.82) is 0 Å². The number of rotatable bonds is 3. The van der Waals surface area contributed by atoms with Gasteiger partial charge in [-0.15, -0.1) is 0 Å². The Hall–Kier alpha value is -2.10. The van der Waals surface area contributed by atoms with Crippen molar-refractivity contribution < 1.29 is 9.53 Å². The Labute approximate surface area is 106 Å². The summed E-state index contributed by atoms with van der Waals surface area (Å²) in [5, 5.41) is 4.10. The minimum absolute atomic E-state index is 0.205. The lowest BCUT2D eigenvalue weighted by Crippen LogP contribution is -2.18. The van der Waals surface area contributed by atoms with Gasteiger partial charge >= 0.3 is 0 Å². The van der Waals surface area contributed by atoms with Crippen LogP contribution in [0.2, 0.25) is 0 Å². The van der Waals surface area contributed by atoms with Gasteiger partial charge in [0.15, 0.2) is 0 Å².